The molecule has 3 aromatic rings. The lowest BCUT2D eigenvalue weighted by molar-refractivity contribution is -0.134. The topological polar surface area (TPSA) is 26.3 Å². The van der Waals surface area contributed by atoms with Gasteiger partial charge in [0.05, 0.1) is 7.11 Å². The van der Waals surface area contributed by atoms with Crippen molar-refractivity contribution in [1.29, 1.82) is 0 Å². The molecule has 0 amide bonds. The molecule has 3 rings (SSSR count). The first kappa shape index (κ1) is 18.9. The van der Waals surface area contributed by atoms with Gasteiger partial charge in [-0.15, -0.1) is 0 Å². The van der Waals surface area contributed by atoms with E-state index in [1.54, 1.807) is 6.08 Å². The summed E-state index contributed by atoms with van der Waals surface area (Å²) in [5, 5.41) is 3.75. The summed E-state index contributed by atoms with van der Waals surface area (Å²) in [7, 11) is 1.40. The minimum Gasteiger partial charge on any atom is -0.466 e. The molecule has 0 aliphatic heterocycles. The molecule has 0 bridgehead atoms. The minimum absolute atomic E-state index is 0.337. The third-order valence-electron chi connectivity index (χ3n) is 4.43. The van der Waals surface area contributed by atoms with Gasteiger partial charge in [-0.05, 0) is 41.1 Å². The number of hydrogen-bond donors (Lipinski definition) is 0. The van der Waals surface area contributed by atoms with Gasteiger partial charge in [-0.1, -0.05) is 91.0 Å². The monoisotopic (exact) mass is 374 g/mol. The maximum absolute atomic E-state index is 11.8. The standard InChI is InChI=1S/C24H23O2P/c1-20(18-24(25)26-2)19-27(21-12-6-3-7-13-21,22-14-8-4-9-15-22)23-16-10-5-11-17-23/h3-19H,1-2H3. The third-order valence-corrected chi connectivity index (χ3v) is 8.57. The van der Waals surface area contributed by atoms with Crippen molar-refractivity contribution in [3.8, 4) is 0 Å². The Morgan fingerprint density at radius 2 is 1.11 bits per heavy atom. The number of esters is 1. The molecule has 0 unspecified atom stereocenters. The Labute approximate surface area is 161 Å². The van der Waals surface area contributed by atoms with E-state index >= 15 is 0 Å². The van der Waals surface area contributed by atoms with Crippen LogP contribution in [0.15, 0.2) is 103 Å². The lowest BCUT2D eigenvalue weighted by Gasteiger charge is -2.29. The van der Waals surface area contributed by atoms with Crippen molar-refractivity contribution in [2.75, 3.05) is 7.11 Å². The molecule has 136 valence electrons. The lowest BCUT2D eigenvalue weighted by atomic mass is 10.3. The summed E-state index contributed by atoms with van der Waals surface area (Å²) in [6.45, 7) is -0.118. The molecule has 0 saturated heterocycles. The predicted octanol–water partition coefficient (Wildman–Crippen LogP) is 3.90. The summed E-state index contributed by atoms with van der Waals surface area (Å²) in [5.41, 5.74) is 0.895. The van der Waals surface area contributed by atoms with E-state index < -0.39 is 6.89 Å². The van der Waals surface area contributed by atoms with Crippen LogP contribution in [0.3, 0.4) is 0 Å². The van der Waals surface area contributed by atoms with Crippen LogP contribution in [0.2, 0.25) is 0 Å². The van der Waals surface area contributed by atoms with Gasteiger partial charge in [-0.3, -0.25) is 0 Å². The molecule has 3 aromatic carbocycles. The third kappa shape index (κ3) is 4.13. The number of methoxy groups -OCH3 is 1. The van der Waals surface area contributed by atoms with E-state index in [0.29, 0.717) is 0 Å². The van der Waals surface area contributed by atoms with Gasteiger partial charge in [-0.25, -0.2) is 4.79 Å². The number of allylic oxidation sites excluding steroid dienone is 1. The van der Waals surface area contributed by atoms with Gasteiger partial charge in [0.15, 0.2) is 0 Å². The van der Waals surface area contributed by atoms with E-state index in [2.05, 4.69) is 78.6 Å². The Bertz CT molecular complexity index is 871. The zero-order chi connectivity index (χ0) is 19.1. The number of carbonyl (C=O) groups excluding carboxylic acids is 1. The smallest absolute Gasteiger partial charge is 0.330 e. The Hall–Kier alpha value is -2.83. The zero-order valence-corrected chi connectivity index (χ0v) is 16.5. The molecular formula is C24H23O2P. The second kappa shape index (κ2) is 8.70. The highest BCUT2D eigenvalue weighted by molar-refractivity contribution is 7.94. The molecule has 0 spiro atoms. The van der Waals surface area contributed by atoms with Crippen molar-refractivity contribution in [2.45, 2.75) is 6.92 Å². The number of ether oxygens (including phenoxy) is 1. The van der Waals surface area contributed by atoms with Crippen molar-refractivity contribution in [2.24, 2.45) is 0 Å². The van der Waals surface area contributed by atoms with Crippen LogP contribution >= 0.6 is 6.89 Å². The Balaban J connectivity index is 2.40. The average molecular weight is 374 g/mol. The molecular weight excluding hydrogens is 351 g/mol. The maximum atomic E-state index is 11.8. The van der Waals surface area contributed by atoms with Crippen molar-refractivity contribution in [3.05, 3.63) is 103 Å². The summed E-state index contributed by atoms with van der Waals surface area (Å²) in [4.78, 5) is 11.8. The highest BCUT2D eigenvalue weighted by atomic mass is 31.2. The van der Waals surface area contributed by atoms with E-state index in [-0.39, 0.29) is 5.97 Å². The number of benzene rings is 3. The summed E-state index contributed by atoms with van der Waals surface area (Å²) in [5.74, 6) is 1.92. The molecule has 0 saturated carbocycles. The second-order valence-corrected chi connectivity index (χ2v) is 9.52. The van der Waals surface area contributed by atoms with Crippen LogP contribution in [0.5, 0.6) is 0 Å². The van der Waals surface area contributed by atoms with Gasteiger partial charge in [0.2, 0.25) is 0 Å². The number of rotatable bonds is 5. The quantitative estimate of drug-likeness (QED) is 0.385. The Morgan fingerprint density at radius 1 is 0.741 bits per heavy atom. The summed E-state index contributed by atoms with van der Waals surface area (Å²) < 4.78 is 4.83. The average Bonchev–Trinajstić information content (AvgIpc) is 2.74. The van der Waals surface area contributed by atoms with Gasteiger partial charge in [0.1, 0.15) is 0 Å². The maximum Gasteiger partial charge on any atom is 0.330 e. The summed E-state index contributed by atoms with van der Waals surface area (Å²) in [6.07, 6.45) is 1.56. The molecule has 0 heterocycles. The van der Waals surface area contributed by atoms with Gasteiger partial charge in [0, 0.05) is 6.08 Å². The zero-order valence-electron chi connectivity index (χ0n) is 15.6. The predicted molar refractivity (Wildman–Crippen MR) is 117 cm³/mol. The van der Waals surface area contributed by atoms with Gasteiger partial charge in [0.25, 0.3) is 0 Å². The van der Waals surface area contributed by atoms with Crippen LogP contribution in [-0.2, 0) is 9.53 Å². The van der Waals surface area contributed by atoms with E-state index in [1.807, 2.05) is 25.1 Å². The first-order chi connectivity index (χ1) is 13.2. The minimum atomic E-state index is -2.08. The molecule has 2 nitrogen and oxygen atoms in total. The van der Waals surface area contributed by atoms with Gasteiger partial charge >= 0.3 is 5.97 Å². The van der Waals surface area contributed by atoms with Crippen molar-refractivity contribution in [1.82, 2.24) is 0 Å². The van der Waals surface area contributed by atoms with Crippen LogP contribution in [0.25, 0.3) is 0 Å². The van der Waals surface area contributed by atoms with E-state index in [9.17, 15) is 4.79 Å². The largest absolute Gasteiger partial charge is 0.466 e. The fourth-order valence-corrected chi connectivity index (χ4v) is 7.20. The van der Waals surface area contributed by atoms with Crippen molar-refractivity contribution >= 4 is 34.6 Å². The van der Waals surface area contributed by atoms with Crippen LogP contribution < -0.4 is 15.9 Å². The fraction of sp³-hybridized carbons (Fsp3) is 0.0833. The molecule has 3 heteroatoms. The van der Waals surface area contributed by atoms with Crippen LogP contribution in [0.4, 0.5) is 0 Å². The van der Waals surface area contributed by atoms with E-state index in [4.69, 9.17) is 4.74 Å². The summed E-state index contributed by atoms with van der Waals surface area (Å²) >= 11 is 0. The number of carbonyl (C=O) groups is 1. The molecule has 0 fully saturated rings. The first-order valence-electron chi connectivity index (χ1n) is 8.84. The van der Waals surface area contributed by atoms with Crippen LogP contribution in [0.1, 0.15) is 6.92 Å². The van der Waals surface area contributed by atoms with E-state index in [1.165, 1.54) is 23.0 Å². The van der Waals surface area contributed by atoms with E-state index in [0.717, 1.165) is 5.57 Å². The molecule has 0 radical (unpaired) electrons. The van der Waals surface area contributed by atoms with Crippen LogP contribution in [-0.4, -0.2) is 18.9 Å². The van der Waals surface area contributed by atoms with Gasteiger partial charge in [-0.2, -0.15) is 0 Å². The Kier molecular flexibility index (Phi) is 6.11. The van der Waals surface area contributed by atoms with Crippen LogP contribution in [0, 0.1) is 0 Å². The Morgan fingerprint density at radius 3 is 1.44 bits per heavy atom. The van der Waals surface area contributed by atoms with Crippen molar-refractivity contribution in [3.63, 3.8) is 0 Å². The fourth-order valence-electron chi connectivity index (χ4n) is 3.25. The molecule has 27 heavy (non-hydrogen) atoms. The second-order valence-electron chi connectivity index (χ2n) is 6.27. The highest BCUT2D eigenvalue weighted by Gasteiger charge is 2.24. The summed E-state index contributed by atoms with van der Waals surface area (Å²) in [6, 6.07) is 31.6. The first-order valence-corrected chi connectivity index (χ1v) is 10.7. The molecule has 0 aliphatic rings. The molecule has 0 aromatic heterocycles. The normalized spacial score (nSPS) is 11.7. The SMILES string of the molecule is COC(=O)C=C(C)C=P(c1ccccc1)(c1ccccc1)c1ccccc1. The molecule has 0 atom stereocenters. The molecule has 0 aliphatic carbocycles. The highest BCUT2D eigenvalue weighted by Crippen LogP contribution is 2.44. The van der Waals surface area contributed by atoms with Crippen molar-refractivity contribution < 1.29 is 9.53 Å². The van der Waals surface area contributed by atoms with Gasteiger partial charge < -0.3 is 4.74 Å². The molecule has 0 N–H and O–H groups in total. The lowest BCUT2D eigenvalue weighted by Crippen LogP contribution is -2.27. The number of hydrogen-bond acceptors (Lipinski definition) is 2.